The molecule has 1 aromatic carbocycles. The quantitative estimate of drug-likeness (QED) is 0.706. The van der Waals surface area contributed by atoms with Gasteiger partial charge in [-0.05, 0) is 37.7 Å². The molecular formula is C13H15N. The van der Waals surface area contributed by atoms with Crippen LogP contribution in [0.3, 0.4) is 0 Å². The molecular weight excluding hydrogens is 170 g/mol. The molecule has 0 radical (unpaired) electrons. The minimum atomic E-state index is 0.0782. The highest BCUT2D eigenvalue weighted by molar-refractivity contribution is 5.15. The van der Waals surface area contributed by atoms with Crippen molar-refractivity contribution in [1.82, 2.24) is 0 Å². The Morgan fingerprint density at radius 2 is 1.93 bits per heavy atom. The first-order valence-corrected chi connectivity index (χ1v) is 5.30. The number of nitriles is 1. The molecule has 0 unspecified atom stereocenters. The van der Waals surface area contributed by atoms with Gasteiger partial charge in [0.1, 0.15) is 0 Å². The molecule has 1 aromatic rings. The van der Waals surface area contributed by atoms with Crippen LogP contribution in [-0.4, -0.2) is 0 Å². The van der Waals surface area contributed by atoms with Gasteiger partial charge >= 0.3 is 0 Å². The molecule has 1 fully saturated rings. The van der Waals surface area contributed by atoms with E-state index in [0.717, 1.165) is 32.1 Å². The van der Waals surface area contributed by atoms with E-state index in [-0.39, 0.29) is 5.41 Å². The Bertz CT molecular complexity index is 330. The first-order chi connectivity index (χ1) is 6.85. The third-order valence-corrected chi connectivity index (χ3v) is 3.05. The number of hydrogen-bond donors (Lipinski definition) is 0. The Morgan fingerprint density at radius 1 is 1.21 bits per heavy atom. The van der Waals surface area contributed by atoms with E-state index in [1.165, 1.54) is 5.56 Å². The molecule has 72 valence electrons. The van der Waals surface area contributed by atoms with Crippen LogP contribution in [0.5, 0.6) is 0 Å². The molecule has 2 rings (SSSR count). The zero-order chi connectivity index (χ0) is 9.86. The smallest absolute Gasteiger partial charge is 0.0689 e. The van der Waals surface area contributed by atoms with E-state index < -0.39 is 0 Å². The number of benzene rings is 1. The van der Waals surface area contributed by atoms with Crippen LogP contribution in [0.4, 0.5) is 0 Å². The lowest BCUT2D eigenvalue weighted by Gasteiger charge is -2.04. The SMILES string of the molecule is N#CC1(CCCc2ccccc2)CC1. The Morgan fingerprint density at radius 3 is 2.50 bits per heavy atom. The molecule has 0 bridgehead atoms. The summed E-state index contributed by atoms with van der Waals surface area (Å²) in [4.78, 5) is 0. The van der Waals surface area contributed by atoms with Crippen LogP contribution in [0.25, 0.3) is 0 Å². The van der Waals surface area contributed by atoms with Gasteiger partial charge in [-0.25, -0.2) is 0 Å². The van der Waals surface area contributed by atoms with Gasteiger partial charge in [0.15, 0.2) is 0 Å². The van der Waals surface area contributed by atoms with Crippen LogP contribution in [0, 0.1) is 16.7 Å². The van der Waals surface area contributed by atoms with E-state index >= 15 is 0 Å². The first-order valence-electron chi connectivity index (χ1n) is 5.30. The van der Waals surface area contributed by atoms with E-state index in [1.54, 1.807) is 0 Å². The number of rotatable bonds is 4. The summed E-state index contributed by atoms with van der Waals surface area (Å²) in [5, 5.41) is 8.90. The molecule has 0 aliphatic heterocycles. The zero-order valence-electron chi connectivity index (χ0n) is 8.37. The van der Waals surface area contributed by atoms with Crippen LogP contribution < -0.4 is 0 Å². The van der Waals surface area contributed by atoms with Crippen LogP contribution >= 0.6 is 0 Å². The van der Waals surface area contributed by atoms with Gasteiger partial charge in [0.2, 0.25) is 0 Å². The maximum atomic E-state index is 8.90. The number of hydrogen-bond acceptors (Lipinski definition) is 1. The van der Waals surface area contributed by atoms with Crippen LogP contribution in [0.2, 0.25) is 0 Å². The van der Waals surface area contributed by atoms with Gasteiger partial charge in [0.25, 0.3) is 0 Å². The molecule has 0 aromatic heterocycles. The summed E-state index contributed by atoms with van der Waals surface area (Å²) in [6.45, 7) is 0. The molecule has 0 amide bonds. The summed E-state index contributed by atoms with van der Waals surface area (Å²) in [7, 11) is 0. The van der Waals surface area contributed by atoms with Crippen LogP contribution in [0.1, 0.15) is 31.2 Å². The van der Waals surface area contributed by atoms with E-state index in [1.807, 2.05) is 6.07 Å². The van der Waals surface area contributed by atoms with Crippen molar-refractivity contribution in [3.63, 3.8) is 0 Å². The van der Waals surface area contributed by atoms with Gasteiger partial charge in [0.05, 0.1) is 11.5 Å². The second kappa shape index (κ2) is 3.84. The monoisotopic (exact) mass is 185 g/mol. The van der Waals surface area contributed by atoms with Crippen molar-refractivity contribution in [3.05, 3.63) is 35.9 Å². The van der Waals surface area contributed by atoms with Crippen molar-refractivity contribution >= 4 is 0 Å². The van der Waals surface area contributed by atoms with Crippen molar-refractivity contribution in [2.45, 2.75) is 32.1 Å². The Hall–Kier alpha value is -1.29. The standard InChI is InChI=1S/C13H15N/c14-11-13(9-10-13)8-4-7-12-5-2-1-3-6-12/h1-3,5-6H,4,7-10H2. The molecule has 0 N–H and O–H groups in total. The van der Waals surface area contributed by atoms with E-state index in [4.69, 9.17) is 5.26 Å². The molecule has 1 nitrogen and oxygen atoms in total. The summed E-state index contributed by atoms with van der Waals surface area (Å²) in [5.74, 6) is 0. The second-order valence-electron chi connectivity index (χ2n) is 4.23. The topological polar surface area (TPSA) is 23.8 Å². The Kier molecular flexibility index (Phi) is 2.54. The summed E-state index contributed by atoms with van der Waals surface area (Å²) in [5.41, 5.74) is 1.47. The molecule has 0 saturated heterocycles. The lowest BCUT2D eigenvalue weighted by molar-refractivity contribution is 0.563. The predicted octanol–water partition coefficient (Wildman–Crippen LogP) is 3.31. The predicted molar refractivity (Wildman–Crippen MR) is 56.7 cm³/mol. The van der Waals surface area contributed by atoms with Crippen molar-refractivity contribution in [2.75, 3.05) is 0 Å². The average Bonchev–Trinajstić information content (AvgIpc) is 3.00. The molecule has 1 heteroatoms. The lowest BCUT2D eigenvalue weighted by Crippen LogP contribution is -1.96. The van der Waals surface area contributed by atoms with Crippen LogP contribution in [0.15, 0.2) is 30.3 Å². The van der Waals surface area contributed by atoms with E-state index in [9.17, 15) is 0 Å². The summed E-state index contributed by atoms with van der Waals surface area (Å²) < 4.78 is 0. The average molecular weight is 185 g/mol. The van der Waals surface area contributed by atoms with Crippen LogP contribution in [-0.2, 0) is 6.42 Å². The fraction of sp³-hybridized carbons (Fsp3) is 0.462. The highest BCUT2D eigenvalue weighted by Crippen LogP contribution is 2.48. The van der Waals surface area contributed by atoms with Gasteiger partial charge in [-0.1, -0.05) is 30.3 Å². The lowest BCUT2D eigenvalue weighted by atomic mass is 9.98. The summed E-state index contributed by atoms with van der Waals surface area (Å²) in [6, 6.07) is 13.0. The highest BCUT2D eigenvalue weighted by Gasteiger charge is 2.41. The molecule has 0 spiro atoms. The normalized spacial score (nSPS) is 17.4. The van der Waals surface area contributed by atoms with Crippen molar-refractivity contribution in [1.29, 1.82) is 5.26 Å². The Balaban J connectivity index is 1.77. The van der Waals surface area contributed by atoms with E-state index in [2.05, 4.69) is 30.3 Å². The largest absolute Gasteiger partial charge is 0.198 e. The maximum Gasteiger partial charge on any atom is 0.0689 e. The number of aryl methyl sites for hydroxylation is 1. The summed E-state index contributed by atoms with van der Waals surface area (Å²) in [6.07, 6.45) is 5.59. The van der Waals surface area contributed by atoms with Crippen molar-refractivity contribution in [3.8, 4) is 6.07 Å². The fourth-order valence-electron chi connectivity index (χ4n) is 1.84. The van der Waals surface area contributed by atoms with Gasteiger partial charge in [0, 0.05) is 0 Å². The molecule has 1 aliphatic carbocycles. The van der Waals surface area contributed by atoms with Crippen molar-refractivity contribution in [2.24, 2.45) is 5.41 Å². The fourth-order valence-corrected chi connectivity index (χ4v) is 1.84. The second-order valence-corrected chi connectivity index (χ2v) is 4.23. The molecule has 1 saturated carbocycles. The van der Waals surface area contributed by atoms with Crippen molar-refractivity contribution < 1.29 is 0 Å². The molecule has 0 heterocycles. The maximum absolute atomic E-state index is 8.90. The molecule has 0 atom stereocenters. The number of nitrogens with zero attached hydrogens (tertiary/aromatic N) is 1. The minimum Gasteiger partial charge on any atom is -0.198 e. The third kappa shape index (κ3) is 2.14. The van der Waals surface area contributed by atoms with Gasteiger partial charge in [-0.15, -0.1) is 0 Å². The van der Waals surface area contributed by atoms with Gasteiger partial charge < -0.3 is 0 Å². The minimum absolute atomic E-state index is 0.0782. The third-order valence-electron chi connectivity index (χ3n) is 3.05. The van der Waals surface area contributed by atoms with Gasteiger partial charge in [-0.3, -0.25) is 0 Å². The molecule has 1 aliphatic rings. The highest BCUT2D eigenvalue weighted by atomic mass is 14.5. The zero-order valence-corrected chi connectivity index (χ0v) is 8.37. The Labute approximate surface area is 85.4 Å². The molecule has 14 heavy (non-hydrogen) atoms. The summed E-state index contributed by atoms with van der Waals surface area (Å²) >= 11 is 0. The van der Waals surface area contributed by atoms with E-state index in [0.29, 0.717) is 0 Å². The van der Waals surface area contributed by atoms with Gasteiger partial charge in [-0.2, -0.15) is 5.26 Å². The first kappa shape index (κ1) is 9.27.